The zero-order chi connectivity index (χ0) is 14.4. The maximum atomic E-state index is 12.3. The lowest BCUT2D eigenvalue weighted by Crippen LogP contribution is -2.47. The summed E-state index contributed by atoms with van der Waals surface area (Å²) in [6.07, 6.45) is 5.40. The molecule has 1 aromatic carbocycles. The molecule has 0 heterocycles. The minimum Gasteiger partial charge on any atom is -0.480 e. The molecule has 0 spiro atoms. The van der Waals surface area contributed by atoms with Gasteiger partial charge < -0.3 is 10.4 Å². The van der Waals surface area contributed by atoms with E-state index in [9.17, 15) is 9.59 Å². The Kier molecular flexibility index (Phi) is 4.98. The summed E-state index contributed by atoms with van der Waals surface area (Å²) in [5.74, 6) is -1.02. The topological polar surface area (TPSA) is 69.6 Å². The van der Waals surface area contributed by atoms with Gasteiger partial charge >= 0.3 is 12.0 Å². The number of nitrogens with one attached hydrogen (secondary N) is 1. The van der Waals surface area contributed by atoms with Crippen molar-refractivity contribution >= 4 is 17.7 Å². The number of urea groups is 1. The van der Waals surface area contributed by atoms with Crippen molar-refractivity contribution in [2.45, 2.75) is 38.1 Å². The van der Waals surface area contributed by atoms with E-state index in [0.29, 0.717) is 5.69 Å². The lowest BCUT2D eigenvalue weighted by molar-refractivity contribution is -0.135. The van der Waals surface area contributed by atoms with Crippen LogP contribution in [-0.2, 0) is 4.79 Å². The average molecular weight is 276 g/mol. The van der Waals surface area contributed by atoms with Gasteiger partial charge in [0.2, 0.25) is 0 Å². The van der Waals surface area contributed by atoms with Gasteiger partial charge in [-0.3, -0.25) is 9.69 Å². The Morgan fingerprint density at radius 1 is 1.15 bits per heavy atom. The van der Waals surface area contributed by atoms with Gasteiger partial charge in [0.25, 0.3) is 0 Å². The van der Waals surface area contributed by atoms with Crippen LogP contribution in [0.1, 0.15) is 32.1 Å². The number of amides is 2. The van der Waals surface area contributed by atoms with E-state index in [4.69, 9.17) is 5.11 Å². The molecule has 0 saturated heterocycles. The Bertz CT molecular complexity index is 455. The highest BCUT2D eigenvalue weighted by molar-refractivity contribution is 5.96. The van der Waals surface area contributed by atoms with Crippen molar-refractivity contribution in [2.24, 2.45) is 0 Å². The van der Waals surface area contributed by atoms with Crippen molar-refractivity contribution in [1.29, 1.82) is 0 Å². The smallest absolute Gasteiger partial charge is 0.323 e. The molecule has 2 rings (SSSR count). The molecule has 0 bridgehead atoms. The third-order valence-corrected chi connectivity index (χ3v) is 3.54. The lowest BCUT2D eigenvalue weighted by atomic mass is 9.96. The number of nitrogens with zero attached hydrogens (tertiary/aromatic N) is 1. The van der Waals surface area contributed by atoms with Crippen molar-refractivity contribution in [2.75, 3.05) is 11.4 Å². The second-order valence-corrected chi connectivity index (χ2v) is 5.10. The highest BCUT2D eigenvalue weighted by Crippen LogP contribution is 2.19. The molecule has 108 valence electrons. The fourth-order valence-electron chi connectivity index (χ4n) is 2.52. The summed E-state index contributed by atoms with van der Waals surface area (Å²) in [5, 5.41) is 11.9. The molecule has 1 saturated carbocycles. The number of rotatable bonds is 4. The predicted octanol–water partition coefficient (Wildman–Crippen LogP) is 2.62. The quantitative estimate of drug-likeness (QED) is 0.888. The van der Waals surface area contributed by atoms with Crippen LogP contribution in [0.15, 0.2) is 30.3 Å². The maximum Gasteiger partial charge on any atom is 0.323 e. The molecular weight excluding hydrogens is 256 g/mol. The Balaban J connectivity index is 2.05. The molecule has 0 atom stereocenters. The zero-order valence-corrected chi connectivity index (χ0v) is 11.4. The molecule has 5 heteroatoms. The number of benzene rings is 1. The van der Waals surface area contributed by atoms with Crippen molar-refractivity contribution in [1.82, 2.24) is 5.32 Å². The second-order valence-electron chi connectivity index (χ2n) is 5.10. The van der Waals surface area contributed by atoms with Crippen molar-refractivity contribution in [3.05, 3.63) is 30.3 Å². The van der Waals surface area contributed by atoms with E-state index in [1.165, 1.54) is 11.3 Å². The second kappa shape index (κ2) is 6.93. The molecule has 0 aliphatic heterocycles. The number of carbonyl (C=O) groups is 2. The average Bonchev–Trinajstić information content (AvgIpc) is 2.46. The minimum absolute atomic E-state index is 0.163. The summed E-state index contributed by atoms with van der Waals surface area (Å²) in [7, 11) is 0. The van der Waals surface area contributed by atoms with Crippen LogP contribution in [0.25, 0.3) is 0 Å². The Morgan fingerprint density at radius 3 is 2.40 bits per heavy atom. The minimum atomic E-state index is -1.02. The highest BCUT2D eigenvalue weighted by Gasteiger charge is 2.22. The van der Waals surface area contributed by atoms with E-state index in [2.05, 4.69) is 5.32 Å². The third kappa shape index (κ3) is 3.98. The van der Waals surface area contributed by atoms with Crippen molar-refractivity contribution in [3.8, 4) is 0 Å². The Labute approximate surface area is 118 Å². The molecule has 20 heavy (non-hydrogen) atoms. The first-order valence-corrected chi connectivity index (χ1v) is 7.01. The summed E-state index contributed by atoms with van der Waals surface area (Å²) in [6.45, 7) is -0.331. The normalized spacial score (nSPS) is 15.6. The molecule has 1 fully saturated rings. The van der Waals surface area contributed by atoms with E-state index in [-0.39, 0.29) is 18.6 Å². The molecular formula is C15H20N2O3. The van der Waals surface area contributed by atoms with E-state index < -0.39 is 5.97 Å². The summed E-state index contributed by atoms with van der Waals surface area (Å²) >= 11 is 0. The number of hydrogen-bond donors (Lipinski definition) is 2. The standard InChI is InChI=1S/C15H20N2O3/c18-14(19)11-17(13-9-5-2-6-10-13)15(20)16-12-7-3-1-4-8-12/h2,5-6,9-10,12H,1,3-4,7-8,11H2,(H,16,20)(H,18,19). The van der Waals surface area contributed by atoms with Crippen LogP contribution < -0.4 is 10.2 Å². The highest BCUT2D eigenvalue weighted by atomic mass is 16.4. The summed E-state index contributed by atoms with van der Waals surface area (Å²) in [6, 6.07) is 8.73. The van der Waals surface area contributed by atoms with Gasteiger partial charge in [0.15, 0.2) is 0 Å². The predicted molar refractivity (Wildman–Crippen MR) is 76.8 cm³/mol. The third-order valence-electron chi connectivity index (χ3n) is 3.54. The number of carbonyl (C=O) groups excluding carboxylic acids is 1. The number of carboxylic acids is 1. The van der Waals surface area contributed by atoms with Crippen molar-refractivity contribution < 1.29 is 14.7 Å². The van der Waals surface area contributed by atoms with Gasteiger partial charge in [-0.05, 0) is 25.0 Å². The summed E-state index contributed by atoms with van der Waals surface area (Å²) in [4.78, 5) is 24.5. The van der Waals surface area contributed by atoms with E-state index in [1.807, 2.05) is 6.07 Å². The van der Waals surface area contributed by atoms with Gasteiger partial charge in [-0.25, -0.2) is 4.79 Å². The van der Waals surface area contributed by atoms with Crippen LogP contribution >= 0.6 is 0 Å². The van der Waals surface area contributed by atoms with Gasteiger partial charge in [-0.15, -0.1) is 0 Å². The molecule has 5 nitrogen and oxygen atoms in total. The summed E-state index contributed by atoms with van der Waals surface area (Å²) < 4.78 is 0. The fraction of sp³-hybridized carbons (Fsp3) is 0.467. The van der Waals surface area contributed by atoms with Gasteiger partial charge in [0, 0.05) is 11.7 Å². The van der Waals surface area contributed by atoms with Crippen LogP contribution in [-0.4, -0.2) is 29.7 Å². The monoisotopic (exact) mass is 276 g/mol. The summed E-state index contributed by atoms with van der Waals surface area (Å²) in [5.41, 5.74) is 0.600. The van der Waals surface area contributed by atoms with Crippen LogP contribution in [0.4, 0.5) is 10.5 Å². The van der Waals surface area contributed by atoms with Gasteiger partial charge in [-0.1, -0.05) is 37.5 Å². The molecule has 0 aromatic heterocycles. The molecule has 0 radical (unpaired) electrons. The number of anilines is 1. The molecule has 1 aromatic rings. The molecule has 1 aliphatic carbocycles. The van der Waals surface area contributed by atoms with Crippen LogP contribution in [0.5, 0.6) is 0 Å². The number of aliphatic carboxylic acids is 1. The Morgan fingerprint density at radius 2 is 1.80 bits per heavy atom. The Hall–Kier alpha value is -2.04. The van der Waals surface area contributed by atoms with E-state index in [0.717, 1.165) is 25.7 Å². The van der Waals surface area contributed by atoms with Gasteiger partial charge in [0.1, 0.15) is 6.54 Å². The van der Waals surface area contributed by atoms with Crippen molar-refractivity contribution in [3.63, 3.8) is 0 Å². The molecule has 0 unspecified atom stereocenters. The van der Waals surface area contributed by atoms with E-state index in [1.54, 1.807) is 24.3 Å². The first kappa shape index (κ1) is 14.4. The number of carboxylic acid groups (broad SMARTS) is 1. The first-order valence-electron chi connectivity index (χ1n) is 7.01. The number of para-hydroxylation sites is 1. The first-order chi connectivity index (χ1) is 9.66. The van der Waals surface area contributed by atoms with Crippen LogP contribution in [0, 0.1) is 0 Å². The fourth-order valence-corrected chi connectivity index (χ4v) is 2.52. The molecule has 2 N–H and O–H groups in total. The SMILES string of the molecule is O=C(O)CN(C(=O)NC1CCCCC1)c1ccccc1. The van der Waals surface area contributed by atoms with E-state index >= 15 is 0 Å². The number of hydrogen-bond acceptors (Lipinski definition) is 2. The largest absolute Gasteiger partial charge is 0.480 e. The maximum absolute atomic E-state index is 12.3. The molecule has 2 amide bonds. The molecule has 1 aliphatic rings. The van der Waals surface area contributed by atoms with Gasteiger partial charge in [0.05, 0.1) is 0 Å². The lowest BCUT2D eigenvalue weighted by Gasteiger charge is -2.27. The zero-order valence-electron chi connectivity index (χ0n) is 11.4. The van der Waals surface area contributed by atoms with Crippen LogP contribution in [0.2, 0.25) is 0 Å². The van der Waals surface area contributed by atoms with Crippen LogP contribution in [0.3, 0.4) is 0 Å². The van der Waals surface area contributed by atoms with Gasteiger partial charge in [-0.2, -0.15) is 0 Å².